The molecule has 0 bridgehead atoms. The van der Waals surface area contributed by atoms with Crippen molar-refractivity contribution in [1.29, 1.82) is 0 Å². The number of urea groups is 1. The molecule has 0 saturated carbocycles. The summed E-state index contributed by atoms with van der Waals surface area (Å²) in [6, 6.07) is 16.9. The van der Waals surface area contributed by atoms with Gasteiger partial charge in [-0.2, -0.15) is 0 Å². The molecule has 0 unspecified atom stereocenters. The lowest BCUT2D eigenvalue weighted by molar-refractivity contribution is 0.132. The second-order valence-electron chi connectivity index (χ2n) is 7.65. The molecule has 0 spiro atoms. The number of amides is 2. The van der Waals surface area contributed by atoms with Crippen molar-refractivity contribution >= 4 is 11.8 Å². The highest BCUT2D eigenvalue weighted by Gasteiger charge is 2.25. The number of piperazine rings is 1. The Bertz CT molecular complexity index is 738. The molecule has 1 aromatic carbocycles. The average Bonchev–Trinajstić information content (AvgIpc) is 2.76. The maximum absolute atomic E-state index is 12.7. The maximum atomic E-state index is 12.7. The lowest BCUT2D eigenvalue weighted by Gasteiger charge is -2.37. The Morgan fingerprint density at radius 3 is 2.32 bits per heavy atom. The standard InChI is InChI=1S/C22H29N5O/c28-22(24-20-9-12-26(13-10-20)21-8-4-5-11-23-21)27-16-14-25(15-17-27)18-19-6-2-1-3-7-19/h1-8,11,20H,9-10,12-18H2,(H,24,28). The number of piperidine rings is 1. The maximum Gasteiger partial charge on any atom is 0.317 e. The topological polar surface area (TPSA) is 51.7 Å². The van der Waals surface area contributed by atoms with E-state index in [4.69, 9.17) is 0 Å². The molecule has 4 rings (SSSR count). The number of pyridine rings is 1. The van der Waals surface area contributed by atoms with Gasteiger partial charge in [-0.25, -0.2) is 9.78 Å². The SMILES string of the molecule is O=C(NC1CCN(c2ccccn2)CC1)N1CCN(Cc2ccccc2)CC1. The van der Waals surface area contributed by atoms with Crippen molar-refractivity contribution in [1.82, 2.24) is 20.1 Å². The Morgan fingerprint density at radius 1 is 0.929 bits per heavy atom. The fourth-order valence-electron chi connectivity index (χ4n) is 4.01. The zero-order chi connectivity index (χ0) is 19.2. The van der Waals surface area contributed by atoms with Crippen LogP contribution in [0.1, 0.15) is 18.4 Å². The van der Waals surface area contributed by atoms with Crippen LogP contribution >= 0.6 is 0 Å². The Hall–Kier alpha value is -2.60. The summed E-state index contributed by atoms with van der Waals surface area (Å²) in [5, 5.41) is 3.25. The quantitative estimate of drug-likeness (QED) is 0.887. The first-order valence-corrected chi connectivity index (χ1v) is 10.3. The number of nitrogens with one attached hydrogen (secondary N) is 1. The highest BCUT2D eigenvalue weighted by molar-refractivity contribution is 5.74. The van der Waals surface area contributed by atoms with E-state index in [1.165, 1.54) is 5.56 Å². The van der Waals surface area contributed by atoms with Gasteiger partial charge in [0.2, 0.25) is 0 Å². The van der Waals surface area contributed by atoms with Gasteiger partial charge in [-0.15, -0.1) is 0 Å². The first kappa shape index (κ1) is 18.7. The van der Waals surface area contributed by atoms with Crippen LogP contribution in [0.4, 0.5) is 10.6 Å². The summed E-state index contributed by atoms with van der Waals surface area (Å²) in [7, 11) is 0. The predicted molar refractivity (Wildman–Crippen MR) is 111 cm³/mol. The zero-order valence-corrected chi connectivity index (χ0v) is 16.3. The highest BCUT2D eigenvalue weighted by Crippen LogP contribution is 2.17. The van der Waals surface area contributed by atoms with Crippen molar-refractivity contribution in [3.63, 3.8) is 0 Å². The first-order chi connectivity index (χ1) is 13.8. The molecule has 2 fully saturated rings. The number of benzene rings is 1. The molecule has 0 atom stereocenters. The number of anilines is 1. The van der Waals surface area contributed by atoms with Gasteiger partial charge in [0.05, 0.1) is 0 Å². The van der Waals surface area contributed by atoms with Crippen molar-refractivity contribution in [2.24, 2.45) is 0 Å². The lowest BCUT2D eigenvalue weighted by Crippen LogP contribution is -2.54. The Morgan fingerprint density at radius 2 is 1.64 bits per heavy atom. The van der Waals surface area contributed by atoms with Gasteiger partial charge in [-0.05, 0) is 30.5 Å². The molecular formula is C22H29N5O. The number of carbonyl (C=O) groups is 1. The van der Waals surface area contributed by atoms with Gasteiger partial charge in [-0.1, -0.05) is 36.4 Å². The minimum atomic E-state index is 0.0932. The molecule has 2 amide bonds. The molecule has 6 nitrogen and oxygen atoms in total. The van der Waals surface area contributed by atoms with Gasteiger partial charge in [-0.3, -0.25) is 4.90 Å². The minimum Gasteiger partial charge on any atom is -0.356 e. The van der Waals surface area contributed by atoms with Crippen molar-refractivity contribution in [2.45, 2.75) is 25.4 Å². The van der Waals surface area contributed by atoms with Crippen LogP contribution in [0.2, 0.25) is 0 Å². The van der Waals surface area contributed by atoms with Crippen molar-refractivity contribution < 1.29 is 4.79 Å². The van der Waals surface area contributed by atoms with E-state index < -0.39 is 0 Å². The number of nitrogens with zero attached hydrogens (tertiary/aromatic N) is 4. The molecule has 1 aromatic heterocycles. The Balaban J connectivity index is 1.19. The summed E-state index contributed by atoms with van der Waals surface area (Å²) >= 11 is 0. The fraction of sp³-hybridized carbons (Fsp3) is 0.455. The van der Waals surface area contributed by atoms with Crippen LogP contribution in [0.5, 0.6) is 0 Å². The molecule has 1 N–H and O–H groups in total. The predicted octanol–water partition coefficient (Wildman–Crippen LogP) is 2.58. The van der Waals surface area contributed by atoms with E-state index >= 15 is 0 Å². The van der Waals surface area contributed by atoms with Gasteiger partial charge < -0.3 is 15.1 Å². The van der Waals surface area contributed by atoms with Gasteiger partial charge in [0, 0.05) is 58.1 Å². The van der Waals surface area contributed by atoms with Crippen LogP contribution < -0.4 is 10.2 Å². The largest absolute Gasteiger partial charge is 0.356 e. The molecule has 6 heteroatoms. The normalized spacial score (nSPS) is 18.9. The van der Waals surface area contributed by atoms with Crippen LogP contribution in [-0.2, 0) is 6.54 Å². The third kappa shape index (κ3) is 4.81. The number of carbonyl (C=O) groups excluding carboxylic acids is 1. The van der Waals surface area contributed by atoms with Crippen LogP contribution in [-0.4, -0.2) is 66.1 Å². The van der Waals surface area contributed by atoms with Crippen LogP contribution in [0.3, 0.4) is 0 Å². The summed E-state index contributed by atoms with van der Waals surface area (Å²) in [6.45, 7) is 6.29. The molecule has 2 saturated heterocycles. The van der Waals surface area contributed by atoms with Gasteiger partial charge >= 0.3 is 6.03 Å². The summed E-state index contributed by atoms with van der Waals surface area (Å²) in [4.78, 5) is 23.8. The van der Waals surface area contributed by atoms with Crippen LogP contribution in [0, 0.1) is 0 Å². The van der Waals surface area contributed by atoms with E-state index in [9.17, 15) is 4.79 Å². The van der Waals surface area contributed by atoms with Crippen molar-refractivity contribution in [3.8, 4) is 0 Å². The molecule has 28 heavy (non-hydrogen) atoms. The second kappa shape index (κ2) is 9.06. The highest BCUT2D eigenvalue weighted by atomic mass is 16.2. The average molecular weight is 380 g/mol. The lowest BCUT2D eigenvalue weighted by atomic mass is 10.1. The van der Waals surface area contributed by atoms with Gasteiger partial charge in [0.25, 0.3) is 0 Å². The number of rotatable bonds is 4. The molecule has 2 aliphatic heterocycles. The third-order valence-electron chi connectivity index (χ3n) is 5.70. The van der Waals surface area contributed by atoms with Crippen LogP contribution in [0.25, 0.3) is 0 Å². The third-order valence-corrected chi connectivity index (χ3v) is 5.70. The van der Waals surface area contributed by atoms with E-state index in [0.717, 1.165) is 64.5 Å². The molecule has 0 radical (unpaired) electrons. The monoisotopic (exact) mass is 379 g/mol. The summed E-state index contributed by atoms with van der Waals surface area (Å²) in [5.41, 5.74) is 1.33. The Kier molecular flexibility index (Phi) is 6.07. The van der Waals surface area contributed by atoms with E-state index in [-0.39, 0.29) is 12.1 Å². The summed E-state index contributed by atoms with van der Waals surface area (Å²) < 4.78 is 0. The minimum absolute atomic E-state index is 0.0932. The summed E-state index contributed by atoms with van der Waals surface area (Å²) in [5.74, 6) is 1.03. The smallest absolute Gasteiger partial charge is 0.317 e. The molecular weight excluding hydrogens is 350 g/mol. The first-order valence-electron chi connectivity index (χ1n) is 10.3. The van der Waals surface area contributed by atoms with E-state index in [0.29, 0.717) is 0 Å². The van der Waals surface area contributed by atoms with E-state index in [1.54, 1.807) is 0 Å². The van der Waals surface area contributed by atoms with Gasteiger partial charge in [0.1, 0.15) is 5.82 Å². The Labute approximate surface area is 167 Å². The number of hydrogen-bond acceptors (Lipinski definition) is 4. The van der Waals surface area contributed by atoms with Crippen LogP contribution in [0.15, 0.2) is 54.7 Å². The van der Waals surface area contributed by atoms with Crippen molar-refractivity contribution in [3.05, 3.63) is 60.3 Å². The number of aromatic nitrogens is 1. The molecule has 3 heterocycles. The van der Waals surface area contributed by atoms with E-state index in [2.05, 4.69) is 44.4 Å². The molecule has 2 aromatic rings. The molecule has 148 valence electrons. The number of hydrogen-bond donors (Lipinski definition) is 1. The molecule has 2 aliphatic rings. The fourth-order valence-corrected chi connectivity index (χ4v) is 4.01. The van der Waals surface area contributed by atoms with Crippen molar-refractivity contribution in [2.75, 3.05) is 44.2 Å². The van der Waals surface area contributed by atoms with Gasteiger partial charge in [0.15, 0.2) is 0 Å². The second-order valence-corrected chi connectivity index (χ2v) is 7.65. The van der Waals surface area contributed by atoms with E-state index in [1.807, 2.05) is 35.4 Å². The zero-order valence-electron chi connectivity index (χ0n) is 16.3. The molecule has 0 aliphatic carbocycles. The summed E-state index contributed by atoms with van der Waals surface area (Å²) in [6.07, 6.45) is 3.77.